The predicted octanol–water partition coefficient (Wildman–Crippen LogP) is 2.77. The molecule has 0 spiro atoms. The van der Waals surface area contributed by atoms with Gasteiger partial charge in [0.15, 0.2) is 0 Å². The number of nitrogens with one attached hydrogen (secondary N) is 2. The van der Waals surface area contributed by atoms with Crippen molar-refractivity contribution < 1.29 is 18.0 Å². The molecule has 2 aromatic rings. The van der Waals surface area contributed by atoms with Crippen molar-refractivity contribution >= 4 is 15.9 Å². The van der Waals surface area contributed by atoms with Crippen LogP contribution in [0.4, 0.5) is 0 Å². The van der Waals surface area contributed by atoms with Gasteiger partial charge in [0.25, 0.3) is 5.91 Å². The summed E-state index contributed by atoms with van der Waals surface area (Å²) in [5, 5.41) is 0. The second kappa shape index (κ2) is 8.44. The van der Waals surface area contributed by atoms with E-state index in [1.807, 2.05) is 30.3 Å². The fraction of sp³-hybridized carbons (Fsp3) is 0.316. The third kappa shape index (κ3) is 4.91. The Morgan fingerprint density at radius 3 is 2.50 bits per heavy atom. The van der Waals surface area contributed by atoms with E-state index < -0.39 is 15.9 Å². The fourth-order valence-electron chi connectivity index (χ4n) is 2.95. The van der Waals surface area contributed by atoms with Crippen molar-refractivity contribution in [2.24, 2.45) is 0 Å². The lowest BCUT2D eigenvalue weighted by Crippen LogP contribution is -2.33. The van der Waals surface area contributed by atoms with Gasteiger partial charge in [-0.2, -0.15) is 0 Å². The van der Waals surface area contributed by atoms with Gasteiger partial charge in [0.2, 0.25) is 10.0 Å². The Labute approximate surface area is 153 Å². The van der Waals surface area contributed by atoms with Crippen molar-refractivity contribution in [3.63, 3.8) is 0 Å². The molecule has 3 rings (SSSR count). The van der Waals surface area contributed by atoms with Crippen LogP contribution in [-0.2, 0) is 21.5 Å². The molecular weight excluding hydrogens is 352 g/mol. The van der Waals surface area contributed by atoms with Gasteiger partial charge in [-0.25, -0.2) is 18.6 Å². The number of sulfonamides is 1. The lowest BCUT2D eigenvalue weighted by atomic mass is 10.2. The summed E-state index contributed by atoms with van der Waals surface area (Å²) in [6, 6.07) is 15.4. The summed E-state index contributed by atoms with van der Waals surface area (Å²) in [7, 11) is -3.63. The Hall–Kier alpha value is -2.22. The summed E-state index contributed by atoms with van der Waals surface area (Å²) in [4.78, 5) is 17.5. The van der Waals surface area contributed by atoms with Gasteiger partial charge in [0.1, 0.15) is 0 Å². The first-order valence-electron chi connectivity index (χ1n) is 8.63. The highest BCUT2D eigenvalue weighted by molar-refractivity contribution is 7.89. The summed E-state index contributed by atoms with van der Waals surface area (Å²) in [6.45, 7) is 0.230. The number of carbonyl (C=O) groups excluding carboxylic acids is 1. The van der Waals surface area contributed by atoms with Gasteiger partial charge in [-0.3, -0.25) is 9.63 Å². The molecule has 0 heterocycles. The number of hydrogen-bond donors (Lipinski definition) is 2. The smallest absolute Gasteiger partial charge is 0.269 e. The molecular formula is C19H22N2O4S. The molecule has 1 saturated carbocycles. The Morgan fingerprint density at radius 1 is 1.04 bits per heavy atom. The van der Waals surface area contributed by atoms with E-state index in [2.05, 4.69) is 10.2 Å². The predicted molar refractivity (Wildman–Crippen MR) is 97.7 cm³/mol. The number of rotatable bonds is 7. The highest BCUT2D eigenvalue weighted by atomic mass is 32.2. The molecule has 0 bridgehead atoms. The number of benzene rings is 2. The highest BCUT2D eigenvalue weighted by Crippen LogP contribution is 2.20. The number of hydroxylamine groups is 1. The van der Waals surface area contributed by atoms with E-state index >= 15 is 0 Å². The first-order valence-corrected chi connectivity index (χ1v) is 10.1. The van der Waals surface area contributed by atoms with E-state index in [1.54, 1.807) is 12.1 Å². The van der Waals surface area contributed by atoms with E-state index in [-0.39, 0.29) is 23.1 Å². The van der Waals surface area contributed by atoms with E-state index in [4.69, 9.17) is 4.84 Å². The minimum absolute atomic E-state index is 0.0216. The van der Waals surface area contributed by atoms with Crippen LogP contribution in [-0.4, -0.2) is 20.4 Å². The minimum Gasteiger partial charge on any atom is -0.269 e. The van der Waals surface area contributed by atoms with E-state index in [0.29, 0.717) is 0 Å². The van der Waals surface area contributed by atoms with Crippen LogP contribution in [0.15, 0.2) is 59.5 Å². The van der Waals surface area contributed by atoms with Gasteiger partial charge in [-0.15, -0.1) is 0 Å². The van der Waals surface area contributed by atoms with Crippen molar-refractivity contribution in [1.29, 1.82) is 0 Å². The average molecular weight is 374 g/mol. The maximum absolute atomic E-state index is 12.5. The Bertz CT molecular complexity index is 847. The van der Waals surface area contributed by atoms with E-state index in [0.717, 1.165) is 31.2 Å². The molecule has 1 aliphatic carbocycles. The van der Waals surface area contributed by atoms with Crippen LogP contribution in [0, 0.1) is 0 Å². The van der Waals surface area contributed by atoms with Crippen molar-refractivity contribution in [2.75, 3.05) is 0 Å². The van der Waals surface area contributed by atoms with Crippen LogP contribution in [0.25, 0.3) is 0 Å². The molecule has 0 aliphatic heterocycles. The Balaban J connectivity index is 1.61. The van der Waals surface area contributed by atoms with Gasteiger partial charge in [-0.05, 0) is 36.6 Å². The first-order chi connectivity index (χ1) is 12.5. The molecule has 7 heteroatoms. The number of hydrogen-bond acceptors (Lipinski definition) is 4. The second-order valence-electron chi connectivity index (χ2n) is 6.34. The third-order valence-corrected chi connectivity index (χ3v) is 5.85. The van der Waals surface area contributed by atoms with Crippen LogP contribution in [0.2, 0.25) is 0 Å². The van der Waals surface area contributed by atoms with Gasteiger partial charge in [-0.1, -0.05) is 49.2 Å². The largest absolute Gasteiger partial charge is 0.274 e. The third-order valence-electron chi connectivity index (χ3n) is 4.33. The minimum atomic E-state index is -3.63. The molecule has 2 N–H and O–H groups in total. The van der Waals surface area contributed by atoms with Crippen molar-refractivity contribution in [3.05, 3.63) is 65.7 Å². The molecule has 1 amide bonds. The van der Waals surface area contributed by atoms with Gasteiger partial charge in [0.05, 0.1) is 11.5 Å². The normalized spacial score (nSPS) is 15.1. The van der Waals surface area contributed by atoms with Crippen molar-refractivity contribution in [2.45, 2.75) is 43.2 Å². The molecule has 0 atom stereocenters. The highest BCUT2D eigenvalue weighted by Gasteiger charge is 2.23. The molecule has 1 aliphatic rings. The number of carbonyl (C=O) groups is 1. The zero-order chi connectivity index (χ0) is 18.4. The van der Waals surface area contributed by atoms with Crippen molar-refractivity contribution in [1.82, 2.24) is 10.2 Å². The number of amides is 1. The fourth-order valence-corrected chi connectivity index (χ4v) is 4.30. The van der Waals surface area contributed by atoms with Gasteiger partial charge >= 0.3 is 0 Å². The standard InChI is InChI=1S/C19H22N2O4S/c22-19(20-25-14-15-7-2-1-3-8-15)16-9-6-12-18(13-16)26(23,24)21-17-10-4-5-11-17/h1-3,6-9,12-13,17,21H,4-5,10-11,14H2,(H,20,22). The second-order valence-corrected chi connectivity index (χ2v) is 8.05. The van der Waals surface area contributed by atoms with Gasteiger partial charge < -0.3 is 0 Å². The average Bonchev–Trinajstić information content (AvgIpc) is 3.15. The summed E-state index contributed by atoms with van der Waals surface area (Å²) >= 11 is 0. The molecule has 26 heavy (non-hydrogen) atoms. The van der Waals surface area contributed by atoms with Crippen LogP contribution < -0.4 is 10.2 Å². The molecule has 2 aromatic carbocycles. The molecule has 0 saturated heterocycles. The van der Waals surface area contributed by atoms with E-state index in [1.165, 1.54) is 12.1 Å². The molecule has 6 nitrogen and oxygen atoms in total. The maximum atomic E-state index is 12.5. The quantitative estimate of drug-likeness (QED) is 0.730. The molecule has 1 fully saturated rings. The summed E-state index contributed by atoms with van der Waals surface area (Å²) < 4.78 is 27.7. The molecule has 138 valence electrons. The van der Waals surface area contributed by atoms with Crippen molar-refractivity contribution in [3.8, 4) is 0 Å². The Kier molecular flexibility index (Phi) is 6.03. The maximum Gasteiger partial charge on any atom is 0.274 e. The summed E-state index contributed by atoms with van der Waals surface area (Å²) in [5.41, 5.74) is 3.50. The summed E-state index contributed by atoms with van der Waals surface area (Å²) in [6.07, 6.45) is 3.78. The van der Waals surface area contributed by atoms with E-state index in [9.17, 15) is 13.2 Å². The topological polar surface area (TPSA) is 84.5 Å². The molecule has 0 unspecified atom stereocenters. The Morgan fingerprint density at radius 2 is 1.77 bits per heavy atom. The SMILES string of the molecule is O=C(NOCc1ccccc1)c1cccc(S(=O)(=O)NC2CCCC2)c1. The molecule has 0 aromatic heterocycles. The summed E-state index contributed by atoms with van der Waals surface area (Å²) in [5.74, 6) is -0.487. The van der Waals surface area contributed by atoms with Crippen LogP contribution in [0.5, 0.6) is 0 Å². The zero-order valence-corrected chi connectivity index (χ0v) is 15.2. The molecule has 0 radical (unpaired) electrons. The first kappa shape index (κ1) is 18.6. The van der Waals surface area contributed by atoms with Crippen LogP contribution >= 0.6 is 0 Å². The lowest BCUT2D eigenvalue weighted by Gasteiger charge is -2.13. The van der Waals surface area contributed by atoms with Crippen LogP contribution in [0.3, 0.4) is 0 Å². The lowest BCUT2D eigenvalue weighted by molar-refractivity contribution is 0.0233. The monoisotopic (exact) mass is 374 g/mol. The van der Waals surface area contributed by atoms with Crippen LogP contribution in [0.1, 0.15) is 41.6 Å². The van der Waals surface area contributed by atoms with Gasteiger partial charge in [0, 0.05) is 11.6 Å². The zero-order valence-electron chi connectivity index (χ0n) is 14.4.